The fraction of sp³-hybridized carbons (Fsp3) is 0.0455. The lowest BCUT2D eigenvalue weighted by Gasteiger charge is -2.25. The first-order chi connectivity index (χ1) is 13.6. The number of hydrogen-bond acceptors (Lipinski definition) is 4. The number of amides is 1. The first-order valence-corrected chi connectivity index (χ1v) is 8.60. The molecule has 6 heteroatoms. The van der Waals surface area contributed by atoms with Crippen LogP contribution in [-0.2, 0) is 9.59 Å². The van der Waals surface area contributed by atoms with Gasteiger partial charge in [-0.05, 0) is 18.2 Å². The highest BCUT2D eigenvalue weighted by Crippen LogP contribution is 2.42. The molecule has 0 spiro atoms. The molecular formula is C22H15FN2O3. The summed E-state index contributed by atoms with van der Waals surface area (Å²) in [6, 6.07) is 16.4. The average Bonchev–Trinajstić information content (AvgIpc) is 3.00. The van der Waals surface area contributed by atoms with Crippen molar-refractivity contribution in [2.45, 2.75) is 6.04 Å². The molecule has 5 nitrogen and oxygen atoms in total. The lowest BCUT2D eigenvalue weighted by molar-refractivity contribution is -0.132. The zero-order chi connectivity index (χ0) is 19.7. The highest BCUT2D eigenvalue weighted by Gasteiger charge is 2.47. The molecule has 1 aliphatic heterocycles. The summed E-state index contributed by atoms with van der Waals surface area (Å²) in [5, 5.41) is 10.8. The van der Waals surface area contributed by atoms with Gasteiger partial charge in [0.15, 0.2) is 0 Å². The number of carbonyl (C=O) groups excluding carboxylic acids is 2. The van der Waals surface area contributed by atoms with Crippen molar-refractivity contribution >= 4 is 23.1 Å². The number of aromatic nitrogens is 1. The lowest BCUT2D eigenvalue weighted by Crippen LogP contribution is -2.29. The number of pyridine rings is 1. The van der Waals surface area contributed by atoms with Gasteiger partial charge in [-0.2, -0.15) is 0 Å². The highest BCUT2D eigenvalue weighted by molar-refractivity contribution is 6.51. The molecular weight excluding hydrogens is 359 g/mol. The number of anilines is 1. The predicted molar refractivity (Wildman–Crippen MR) is 102 cm³/mol. The summed E-state index contributed by atoms with van der Waals surface area (Å²) in [6.07, 6.45) is 2.95. The third-order valence-corrected chi connectivity index (χ3v) is 4.62. The van der Waals surface area contributed by atoms with Gasteiger partial charge < -0.3 is 5.11 Å². The highest BCUT2D eigenvalue weighted by atomic mass is 19.1. The van der Waals surface area contributed by atoms with Gasteiger partial charge in [0.1, 0.15) is 11.6 Å². The quantitative estimate of drug-likeness (QED) is 0.430. The zero-order valence-corrected chi connectivity index (χ0v) is 14.6. The molecule has 1 atom stereocenters. The maximum absolute atomic E-state index is 14.7. The Labute approximate surface area is 160 Å². The smallest absolute Gasteiger partial charge is 0.300 e. The van der Waals surface area contributed by atoms with Crippen LogP contribution in [-0.4, -0.2) is 21.8 Å². The summed E-state index contributed by atoms with van der Waals surface area (Å²) in [4.78, 5) is 30.8. The number of nitrogens with zero attached hydrogens (tertiary/aromatic N) is 2. The Morgan fingerprint density at radius 3 is 2.36 bits per heavy atom. The van der Waals surface area contributed by atoms with E-state index < -0.39 is 23.5 Å². The third-order valence-electron chi connectivity index (χ3n) is 4.62. The molecule has 1 aromatic heterocycles. The number of carbonyl (C=O) groups is 2. The van der Waals surface area contributed by atoms with Crippen molar-refractivity contribution < 1.29 is 19.1 Å². The summed E-state index contributed by atoms with van der Waals surface area (Å²) in [7, 11) is 0. The number of aliphatic hydroxyl groups excluding tert-OH is 1. The maximum Gasteiger partial charge on any atom is 0.300 e. The molecule has 1 amide bonds. The Hall–Kier alpha value is -3.80. The van der Waals surface area contributed by atoms with Crippen molar-refractivity contribution in [3.63, 3.8) is 0 Å². The predicted octanol–water partition coefficient (Wildman–Crippen LogP) is 3.85. The molecule has 2 heterocycles. The van der Waals surface area contributed by atoms with Gasteiger partial charge in [0.2, 0.25) is 0 Å². The fourth-order valence-corrected chi connectivity index (χ4v) is 3.34. The van der Waals surface area contributed by atoms with E-state index in [1.165, 1.54) is 35.5 Å². The van der Waals surface area contributed by atoms with Crippen LogP contribution in [0.25, 0.3) is 5.76 Å². The molecule has 0 radical (unpaired) electrons. The van der Waals surface area contributed by atoms with Gasteiger partial charge in [0.25, 0.3) is 11.7 Å². The van der Waals surface area contributed by atoms with Crippen molar-refractivity contribution in [3.05, 3.63) is 102 Å². The third kappa shape index (κ3) is 2.85. The van der Waals surface area contributed by atoms with E-state index in [0.717, 1.165) is 0 Å². The monoisotopic (exact) mass is 374 g/mol. The SMILES string of the molecule is O=C1C(=O)N(c2cccnc2)[C@H](c2ccccc2F)/C1=C(\O)c1ccccc1. The first kappa shape index (κ1) is 17.6. The van der Waals surface area contributed by atoms with E-state index in [-0.39, 0.29) is 16.9 Å². The molecule has 0 unspecified atom stereocenters. The van der Waals surface area contributed by atoms with Crippen molar-refractivity contribution in [1.29, 1.82) is 0 Å². The largest absolute Gasteiger partial charge is 0.507 e. The summed E-state index contributed by atoms with van der Waals surface area (Å²) >= 11 is 0. The lowest BCUT2D eigenvalue weighted by atomic mass is 9.95. The van der Waals surface area contributed by atoms with Crippen LogP contribution < -0.4 is 4.90 Å². The van der Waals surface area contributed by atoms with E-state index in [9.17, 15) is 19.1 Å². The number of Topliss-reactive ketones (excluding diaryl/α,β-unsaturated/α-hetero) is 1. The Bertz CT molecular complexity index is 1080. The molecule has 28 heavy (non-hydrogen) atoms. The number of rotatable bonds is 3. The van der Waals surface area contributed by atoms with Crippen LogP contribution in [0.4, 0.5) is 10.1 Å². The molecule has 3 aromatic rings. The standard InChI is InChI=1S/C22H15FN2O3/c23-17-11-5-4-10-16(17)19-18(20(26)14-7-2-1-3-8-14)21(27)22(28)25(19)15-9-6-12-24-13-15/h1-13,19,26H/b20-18+/t19-/m1/s1. The summed E-state index contributed by atoms with van der Waals surface area (Å²) < 4.78 is 14.7. The number of benzene rings is 2. The number of ketones is 1. The van der Waals surface area contributed by atoms with E-state index in [0.29, 0.717) is 11.3 Å². The van der Waals surface area contributed by atoms with Crippen molar-refractivity contribution in [2.75, 3.05) is 4.90 Å². The van der Waals surface area contributed by atoms with Gasteiger partial charge in [0, 0.05) is 17.3 Å². The van der Waals surface area contributed by atoms with Crippen molar-refractivity contribution in [1.82, 2.24) is 4.98 Å². The molecule has 2 aromatic carbocycles. The molecule has 0 bridgehead atoms. The molecule has 0 saturated carbocycles. The van der Waals surface area contributed by atoms with Crippen LogP contribution in [0, 0.1) is 5.82 Å². The summed E-state index contributed by atoms with van der Waals surface area (Å²) in [6.45, 7) is 0. The Morgan fingerprint density at radius 2 is 1.68 bits per heavy atom. The fourth-order valence-electron chi connectivity index (χ4n) is 3.34. The molecule has 1 N–H and O–H groups in total. The van der Waals surface area contributed by atoms with E-state index >= 15 is 0 Å². The van der Waals surface area contributed by atoms with Crippen LogP contribution in [0.15, 0.2) is 84.7 Å². The Kier molecular flexibility index (Phi) is 4.45. The Balaban J connectivity index is 1.98. The van der Waals surface area contributed by atoms with Crippen molar-refractivity contribution in [3.8, 4) is 0 Å². The molecule has 0 aliphatic carbocycles. The van der Waals surface area contributed by atoms with Crippen LogP contribution in [0.5, 0.6) is 0 Å². The summed E-state index contributed by atoms with van der Waals surface area (Å²) in [5.74, 6) is -2.65. The molecule has 1 saturated heterocycles. The minimum atomic E-state index is -1.11. The van der Waals surface area contributed by atoms with Crippen LogP contribution >= 0.6 is 0 Å². The van der Waals surface area contributed by atoms with E-state index in [2.05, 4.69) is 4.98 Å². The zero-order valence-electron chi connectivity index (χ0n) is 14.6. The van der Waals surface area contributed by atoms with Gasteiger partial charge in [-0.1, -0.05) is 48.5 Å². The Morgan fingerprint density at radius 1 is 0.964 bits per heavy atom. The second kappa shape index (κ2) is 7.08. The number of halogens is 1. The normalized spacial score (nSPS) is 18.5. The van der Waals surface area contributed by atoms with Gasteiger partial charge in [0.05, 0.1) is 23.5 Å². The van der Waals surface area contributed by atoms with E-state index in [4.69, 9.17) is 0 Å². The molecule has 4 rings (SSSR count). The van der Waals surface area contributed by atoms with Crippen molar-refractivity contribution in [2.24, 2.45) is 0 Å². The average molecular weight is 374 g/mol. The topological polar surface area (TPSA) is 70.5 Å². The van der Waals surface area contributed by atoms with Gasteiger partial charge in [-0.15, -0.1) is 0 Å². The molecule has 1 fully saturated rings. The number of hydrogen-bond donors (Lipinski definition) is 1. The maximum atomic E-state index is 14.7. The van der Waals surface area contributed by atoms with Crippen LogP contribution in [0.3, 0.4) is 0 Å². The van der Waals surface area contributed by atoms with Gasteiger partial charge in [-0.25, -0.2) is 4.39 Å². The van der Waals surface area contributed by atoms with Crippen LogP contribution in [0.2, 0.25) is 0 Å². The molecule has 138 valence electrons. The first-order valence-electron chi connectivity index (χ1n) is 8.60. The summed E-state index contributed by atoms with van der Waals surface area (Å²) in [5.41, 5.74) is 0.658. The minimum absolute atomic E-state index is 0.114. The van der Waals surface area contributed by atoms with E-state index in [1.807, 2.05) is 0 Å². The second-order valence-electron chi connectivity index (χ2n) is 6.27. The van der Waals surface area contributed by atoms with Gasteiger partial charge >= 0.3 is 0 Å². The van der Waals surface area contributed by atoms with Crippen LogP contribution in [0.1, 0.15) is 17.2 Å². The van der Waals surface area contributed by atoms with E-state index in [1.54, 1.807) is 48.5 Å². The number of aliphatic hydroxyl groups is 1. The van der Waals surface area contributed by atoms with Gasteiger partial charge in [-0.3, -0.25) is 19.5 Å². The molecule has 1 aliphatic rings. The second-order valence-corrected chi connectivity index (χ2v) is 6.27. The minimum Gasteiger partial charge on any atom is -0.507 e.